The second-order valence-electron chi connectivity index (χ2n) is 7.31. The number of quaternary nitrogens is 1. The molecule has 116 valence electrons. The average molecular weight is 271 g/mol. The van der Waals surface area contributed by atoms with Gasteiger partial charge in [-0.3, -0.25) is 0 Å². The maximum atomic E-state index is 2.37. The topological polar surface area (TPSA) is 0 Å². The van der Waals surface area contributed by atoms with Gasteiger partial charge in [0.15, 0.2) is 0 Å². The van der Waals surface area contributed by atoms with Crippen molar-refractivity contribution in [3.05, 3.63) is 0 Å². The smallest absolute Gasteiger partial charge is 0.0789 e. The van der Waals surface area contributed by atoms with Crippen LogP contribution in [-0.4, -0.2) is 30.7 Å². The molecule has 0 aromatic rings. The summed E-state index contributed by atoms with van der Waals surface area (Å²) in [6, 6.07) is 0. The molecule has 0 aliphatic heterocycles. The fourth-order valence-electron chi connectivity index (χ4n) is 2.72. The first-order valence-corrected chi connectivity index (χ1v) is 8.81. The summed E-state index contributed by atoms with van der Waals surface area (Å²) in [5.74, 6) is 1.69. The number of rotatable bonds is 12. The Morgan fingerprint density at radius 3 is 1.26 bits per heavy atom. The summed E-state index contributed by atoms with van der Waals surface area (Å²) in [4.78, 5) is 0. The molecule has 0 saturated carbocycles. The number of hydrogen-bond donors (Lipinski definition) is 0. The van der Waals surface area contributed by atoms with Gasteiger partial charge in [0.25, 0.3) is 0 Å². The van der Waals surface area contributed by atoms with Gasteiger partial charge >= 0.3 is 0 Å². The highest BCUT2D eigenvalue weighted by Crippen LogP contribution is 2.19. The number of hydrogen-bond acceptors (Lipinski definition) is 0. The van der Waals surface area contributed by atoms with Gasteiger partial charge in [0.1, 0.15) is 0 Å². The molecule has 1 nitrogen and oxygen atoms in total. The summed E-state index contributed by atoms with van der Waals surface area (Å²) in [7, 11) is 0. The van der Waals surface area contributed by atoms with Crippen LogP contribution in [0.1, 0.15) is 80.1 Å². The Morgan fingerprint density at radius 2 is 1.00 bits per heavy atom. The first kappa shape index (κ1) is 19.0. The van der Waals surface area contributed by atoms with E-state index in [9.17, 15) is 0 Å². The maximum Gasteiger partial charge on any atom is 0.0789 e. The SMILES string of the molecule is CCCC[N+](CCCC)(CCC(C)C)CCC(C)C. The van der Waals surface area contributed by atoms with E-state index in [1.165, 1.54) is 69.2 Å². The molecular weight excluding hydrogens is 230 g/mol. The summed E-state index contributed by atoms with van der Waals surface area (Å²) in [5, 5.41) is 0. The van der Waals surface area contributed by atoms with Crippen molar-refractivity contribution >= 4 is 0 Å². The lowest BCUT2D eigenvalue weighted by Gasteiger charge is -2.40. The standard InChI is InChI=1S/C18H40N/c1-7-9-13-19(14-10-8-2,15-11-17(3)4)16-12-18(5)6/h17-18H,7-16H2,1-6H3/q+1. The lowest BCUT2D eigenvalue weighted by Crippen LogP contribution is -2.51. The fourth-order valence-corrected chi connectivity index (χ4v) is 2.72. The van der Waals surface area contributed by atoms with Crippen molar-refractivity contribution in [3.8, 4) is 0 Å². The molecule has 0 aromatic heterocycles. The molecule has 0 aromatic carbocycles. The molecule has 0 aliphatic carbocycles. The maximum absolute atomic E-state index is 2.37. The third kappa shape index (κ3) is 9.49. The van der Waals surface area contributed by atoms with Crippen LogP contribution in [0.2, 0.25) is 0 Å². The Morgan fingerprint density at radius 1 is 0.632 bits per heavy atom. The van der Waals surface area contributed by atoms with Crippen LogP contribution in [0.25, 0.3) is 0 Å². The molecule has 0 atom stereocenters. The highest BCUT2D eigenvalue weighted by Gasteiger charge is 2.26. The normalized spacial score (nSPS) is 12.6. The molecule has 0 bridgehead atoms. The lowest BCUT2D eigenvalue weighted by molar-refractivity contribution is -0.929. The molecule has 0 rings (SSSR count). The summed E-state index contributed by atoms with van der Waals surface area (Å²) >= 11 is 0. The Labute approximate surface area is 123 Å². The van der Waals surface area contributed by atoms with Gasteiger partial charge in [0.05, 0.1) is 26.2 Å². The number of nitrogens with zero attached hydrogens (tertiary/aromatic N) is 1. The van der Waals surface area contributed by atoms with Crippen molar-refractivity contribution in [1.82, 2.24) is 0 Å². The molecule has 0 heterocycles. The second-order valence-corrected chi connectivity index (χ2v) is 7.31. The van der Waals surface area contributed by atoms with Crippen LogP contribution in [-0.2, 0) is 0 Å². The van der Waals surface area contributed by atoms with Gasteiger partial charge in [-0.2, -0.15) is 0 Å². The van der Waals surface area contributed by atoms with E-state index in [0.717, 1.165) is 11.8 Å². The van der Waals surface area contributed by atoms with Crippen LogP contribution in [0.4, 0.5) is 0 Å². The Hall–Kier alpha value is -0.0400. The zero-order valence-electron chi connectivity index (χ0n) is 14.7. The van der Waals surface area contributed by atoms with E-state index in [1.54, 1.807) is 0 Å². The van der Waals surface area contributed by atoms with Crippen molar-refractivity contribution in [2.75, 3.05) is 26.2 Å². The van der Waals surface area contributed by atoms with Crippen LogP contribution < -0.4 is 0 Å². The van der Waals surface area contributed by atoms with Crippen LogP contribution in [0, 0.1) is 11.8 Å². The van der Waals surface area contributed by atoms with E-state index in [0.29, 0.717) is 0 Å². The quantitative estimate of drug-likeness (QED) is 0.411. The molecule has 1 heteroatoms. The van der Waals surface area contributed by atoms with Gasteiger partial charge in [-0.25, -0.2) is 0 Å². The average Bonchev–Trinajstić information content (AvgIpc) is 2.37. The molecule has 0 saturated heterocycles. The zero-order valence-corrected chi connectivity index (χ0v) is 14.7. The fraction of sp³-hybridized carbons (Fsp3) is 1.00. The van der Waals surface area contributed by atoms with Gasteiger partial charge in [-0.05, 0) is 37.5 Å². The van der Waals surface area contributed by atoms with Gasteiger partial charge in [-0.1, -0.05) is 54.4 Å². The van der Waals surface area contributed by atoms with Crippen molar-refractivity contribution < 1.29 is 4.48 Å². The van der Waals surface area contributed by atoms with E-state index < -0.39 is 0 Å². The van der Waals surface area contributed by atoms with Gasteiger partial charge < -0.3 is 4.48 Å². The van der Waals surface area contributed by atoms with E-state index >= 15 is 0 Å². The predicted molar refractivity (Wildman–Crippen MR) is 88.5 cm³/mol. The van der Waals surface area contributed by atoms with Crippen LogP contribution in [0.5, 0.6) is 0 Å². The Bertz CT molecular complexity index is 174. The van der Waals surface area contributed by atoms with Gasteiger partial charge in [-0.15, -0.1) is 0 Å². The summed E-state index contributed by atoms with van der Waals surface area (Å²) in [5.41, 5.74) is 0. The predicted octanol–water partition coefficient (Wildman–Crippen LogP) is 5.50. The lowest BCUT2D eigenvalue weighted by atomic mass is 10.0. The Kier molecular flexibility index (Phi) is 10.7. The molecule has 0 aliphatic rings. The molecule has 0 radical (unpaired) electrons. The molecule has 0 amide bonds. The molecular formula is C18H40N+. The molecule has 0 spiro atoms. The van der Waals surface area contributed by atoms with Crippen LogP contribution in [0.3, 0.4) is 0 Å². The van der Waals surface area contributed by atoms with Crippen molar-refractivity contribution in [2.45, 2.75) is 80.1 Å². The van der Waals surface area contributed by atoms with E-state index in [-0.39, 0.29) is 0 Å². The highest BCUT2D eigenvalue weighted by molar-refractivity contribution is 4.53. The first-order chi connectivity index (χ1) is 8.95. The Balaban J connectivity index is 4.62. The second kappa shape index (κ2) is 10.7. The van der Waals surface area contributed by atoms with Crippen LogP contribution in [0.15, 0.2) is 0 Å². The van der Waals surface area contributed by atoms with E-state index in [4.69, 9.17) is 0 Å². The van der Waals surface area contributed by atoms with Crippen molar-refractivity contribution in [2.24, 2.45) is 11.8 Å². The monoisotopic (exact) mass is 270 g/mol. The zero-order chi connectivity index (χ0) is 14.7. The van der Waals surface area contributed by atoms with E-state index in [2.05, 4.69) is 41.5 Å². The minimum Gasteiger partial charge on any atom is -0.324 e. The molecule has 0 unspecified atom stereocenters. The molecule has 0 N–H and O–H groups in total. The summed E-state index contributed by atoms with van der Waals surface area (Å²) < 4.78 is 1.40. The van der Waals surface area contributed by atoms with Gasteiger partial charge in [0.2, 0.25) is 0 Å². The summed E-state index contributed by atoms with van der Waals surface area (Å²) in [6.07, 6.45) is 8.28. The highest BCUT2D eigenvalue weighted by atomic mass is 15.3. The minimum absolute atomic E-state index is 0.847. The van der Waals surface area contributed by atoms with Crippen molar-refractivity contribution in [1.29, 1.82) is 0 Å². The third-order valence-corrected chi connectivity index (χ3v) is 4.33. The largest absolute Gasteiger partial charge is 0.324 e. The minimum atomic E-state index is 0.847. The van der Waals surface area contributed by atoms with Crippen LogP contribution >= 0.6 is 0 Å². The molecule has 0 fully saturated rings. The molecule has 19 heavy (non-hydrogen) atoms. The summed E-state index contributed by atoms with van der Waals surface area (Å²) in [6.45, 7) is 19.8. The van der Waals surface area contributed by atoms with E-state index in [1.807, 2.05) is 0 Å². The van der Waals surface area contributed by atoms with Crippen molar-refractivity contribution in [3.63, 3.8) is 0 Å². The van der Waals surface area contributed by atoms with Gasteiger partial charge in [0, 0.05) is 0 Å². The number of unbranched alkanes of at least 4 members (excludes halogenated alkanes) is 2. The first-order valence-electron chi connectivity index (χ1n) is 8.81. The third-order valence-electron chi connectivity index (χ3n) is 4.33.